The normalized spacial score (nSPS) is 15.0. The minimum Gasteiger partial charge on any atom is -0.339 e. The van der Waals surface area contributed by atoms with Crippen LogP contribution in [0.15, 0.2) is 48.5 Å². The van der Waals surface area contributed by atoms with Gasteiger partial charge in [-0.3, -0.25) is 14.5 Å². The van der Waals surface area contributed by atoms with E-state index in [0.717, 1.165) is 5.56 Å². The fourth-order valence-corrected chi connectivity index (χ4v) is 3.02. The predicted molar refractivity (Wildman–Crippen MR) is 88.5 cm³/mol. The lowest BCUT2D eigenvalue weighted by Gasteiger charge is -2.15. The summed E-state index contributed by atoms with van der Waals surface area (Å²) in [6, 6.07) is 14.9. The van der Waals surface area contributed by atoms with Gasteiger partial charge in [0.2, 0.25) is 0 Å². The minimum atomic E-state index is -0.200. The van der Waals surface area contributed by atoms with Crippen LogP contribution in [0, 0.1) is 0 Å². The second-order valence-electron chi connectivity index (χ2n) is 5.68. The molecule has 3 rings (SSSR count). The summed E-state index contributed by atoms with van der Waals surface area (Å²) in [6.07, 6.45) is 0. The van der Waals surface area contributed by atoms with Crippen LogP contribution in [-0.4, -0.2) is 29.8 Å². The zero-order chi connectivity index (χ0) is 16.4. The third kappa shape index (κ3) is 3.14. The van der Waals surface area contributed by atoms with Crippen molar-refractivity contribution < 1.29 is 14.9 Å². The Morgan fingerprint density at radius 2 is 1.70 bits per heavy atom. The van der Waals surface area contributed by atoms with Crippen LogP contribution in [0.3, 0.4) is 0 Å². The summed E-state index contributed by atoms with van der Waals surface area (Å²) in [5, 5.41) is 2.82. The van der Waals surface area contributed by atoms with Crippen LogP contribution in [0.5, 0.6) is 0 Å². The van der Waals surface area contributed by atoms with Gasteiger partial charge < -0.3 is 5.32 Å². The van der Waals surface area contributed by atoms with E-state index in [1.165, 1.54) is 4.90 Å². The molecular formula is C18H18ClN2O2+. The van der Waals surface area contributed by atoms with E-state index >= 15 is 0 Å². The lowest BCUT2D eigenvalue weighted by atomic mass is 10.1. The number of imide groups is 1. The van der Waals surface area contributed by atoms with Crippen molar-refractivity contribution in [3.05, 3.63) is 70.2 Å². The van der Waals surface area contributed by atoms with Crippen LogP contribution < -0.4 is 5.32 Å². The van der Waals surface area contributed by atoms with Crippen LogP contribution in [0.25, 0.3) is 0 Å². The molecule has 2 amide bonds. The van der Waals surface area contributed by atoms with Gasteiger partial charge in [0, 0.05) is 10.6 Å². The molecule has 118 valence electrons. The van der Waals surface area contributed by atoms with Gasteiger partial charge in [-0.15, -0.1) is 0 Å². The summed E-state index contributed by atoms with van der Waals surface area (Å²) in [6.45, 7) is 3.13. The predicted octanol–water partition coefficient (Wildman–Crippen LogP) is 2.26. The molecule has 0 bridgehead atoms. The molecule has 0 saturated heterocycles. The van der Waals surface area contributed by atoms with Crippen molar-refractivity contribution in [2.45, 2.75) is 13.0 Å². The van der Waals surface area contributed by atoms with E-state index in [-0.39, 0.29) is 17.9 Å². The number of benzene rings is 2. The van der Waals surface area contributed by atoms with E-state index in [4.69, 9.17) is 11.6 Å². The van der Waals surface area contributed by atoms with Crippen LogP contribution in [0.1, 0.15) is 39.2 Å². The zero-order valence-electron chi connectivity index (χ0n) is 12.8. The molecule has 2 N–H and O–H groups in total. The lowest BCUT2D eigenvalue weighted by molar-refractivity contribution is -0.691. The summed E-state index contributed by atoms with van der Waals surface area (Å²) < 4.78 is 0. The highest BCUT2D eigenvalue weighted by Gasteiger charge is 2.35. The fraction of sp³-hybridized carbons (Fsp3) is 0.222. The smallest absolute Gasteiger partial charge is 0.261 e. The number of nitrogens with zero attached hydrogens (tertiary/aromatic N) is 1. The molecule has 0 aliphatic carbocycles. The summed E-state index contributed by atoms with van der Waals surface area (Å²) in [5.41, 5.74) is 2.13. The van der Waals surface area contributed by atoms with E-state index in [1.54, 1.807) is 24.3 Å². The number of quaternary nitrogens is 1. The standard InChI is InChI=1S/C18H17ClN2O2/c1-12(13-5-4-6-14(19)11-13)20-9-10-21-17(22)15-7-2-3-8-16(15)18(21)23/h2-8,11-12,20H,9-10H2,1H3/p+1/t12-/m1/s1. The minimum absolute atomic E-state index is 0.200. The van der Waals surface area contributed by atoms with Gasteiger partial charge >= 0.3 is 0 Å². The first-order valence-corrected chi connectivity index (χ1v) is 7.99. The van der Waals surface area contributed by atoms with Crippen LogP contribution in [-0.2, 0) is 0 Å². The Morgan fingerprint density at radius 1 is 1.04 bits per heavy atom. The highest BCUT2D eigenvalue weighted by Crippen LogP contribution is 2.21. The molecule has 0 aromatic heterocycles. The number of nitrogens with two attached hydrogens (primary N) is 1. The molecule has 4 nitrogen and oxygen atoms in total. The summed E-state index contributed by atoms with van der Waals surface area (Å²) in [4.78, 5) is 25.9. The van der Waals surface area contributed by atoms with Crippen molar-refractivity contribution in [1.29, 1.82) is 0 Å². The third-order valence-electron chi connectivity index (χ3n) is 4.13. The van der Waals surface area contributed by atoms with E-state index in [0.29, 0.717) is 29.2 Å². The molecule has 0 fully saturated rings. The maximum Gasteiger partial charge on any atom is 0.261 e. The first kappa shape index (κ1) is 15.7. The van der Waals surface area contributed by atoms with E-state index in [1.807, 2.05) is 24.3 Å². The Labute approximate surface area is 140 Å². The van der Waals surface area contributed by atoms with Crippen LogP contribution >= 0.6 is 11.6 Å². The Morgan fingerprint density at radius 3 is 2.30 bits per heavy atom. The molecule has 1 atom stereocenters. The Balaban J connectivity index is 1.60. The first-order chi connectivity index (χ1) is 11.1. The monoisotopic (exact) mass is 329 g/mol. The number of amides is 2. The average molecular weight is 330 g/mol. The quantitative estimate of drug-likeness (QED) is 0.855. The number of hydrogen-bond acceptors (Lipinski definition) is 2. The number of fused-ring (bicyclic) bond motifs is 1. The molecule has 23 heavy (non-hydrogen) atoms. The Hall–Kier alpha value is -2.17. The molecule has 1 aliphatic rings. The molecule has 0 radical (unpaired) electrons. The molecule has 0 spiro atoms. The van der Waals surface area contributed by atoms with Crippen molar-refractivity contribution >= 4 is 23.4 Å². The largest absolute Gasteiger partial charge is 0.339 e. The van der Waals surface area contributed by atoms with Crippen molar-refractivity contribution in [2.75, 3.05) is 13.1 Å². The molecular weight excluding hydrogens is 312 g/mol. The molecule has 5 heteroatoms. The Bertz CT molecular complexity index is 725. The van der Waals surface area contributed by atoms with Gasteiger partial charge in [0.25, 0.3) is 11.8 Å². The van der Waals surface area contributed by atoms with Crippen molar-refractivity contribution in [3.8, 4) is 0 Å². The Kier molecular flexibility index (Phi) is 4.46. The number of halogens is 1. The SMILES string of the molecule is C[C@@H]([NH2+]CCN1C(=O)c2ccccc2C1=O)c1cccc(Cl)c1. The van der Waals surface area contributed by atoms with Crippen molar-refractivity contribution in [2.24, 2.45) is 0 Å². The molecule has 2 aromatic carbocycles. The average Bonchev–Trinajstić information content (AvgIpc) is 2.80. The number of carbonyl (C=O) groups excluding carboxylic acids is 2. The van der Waals surface area contributed by atoms with Crippen LogP contribution in [0.2, 0.25) is 5.02 Å². The number of hydrogen-bond donors (Lipinski definition) is 1. The van der Waals surface area contributed by atoms with Gasteiger partial charge in [0.05, 0.1) is 24.2 Å². The highest BCUT2D eigenvalue weighted by molar-refractivity contribution is 6.30. The second kappa shape index (κ2) is 6.52. The topological polar surface area (TPSA) is 54.0 Å². The van der Waals surface area contributed by atoms with Crippen molar-refractivity contribution in [3.63, 3.8) is 0 Å². The van der Waals surface area contributed by atoms with Gasteiger partial charge in [-0.2, -0.15) is 0 Å². The molecule has 1 heterocycles. The molecule has 1 aliphatic heterocycles. The third-order valence-corrected chi connectivity index (χ3v) is 4.36. The van der Waals surface area contributed by atoms with Gasteiger partial charge in [0.1, 0.15) is 6.04 Å². The second-order valence-corrected chi connectivity index (χ2v) is 6.11. The van der Waals surface area contributed by atoms with Gasteiger partial charge in [-0.25, -0.2) is 0 Å². The molecule has 0 unspecified atom stereocenters. The molecule has 2 aromatic rings. The zero-order valence-corrected chi connectivity index (χ0v) is 13.6. The highest BCUT2D eigenvalue weighted by atomic mass is 35.5. The maximum atomic E-state index is 12.3. The van der Waals surface area contributed by atoms with Crippen LogP contribution in [0.4, 0.5) is 0 Å². The number of carbonyl (C=O) groups is 2. The summed E-state index contributed by atoms with van der Waals surface area (Å²) in [5.74, 6) is -0.399. The first-order valence-electron chi connectivity index (χ1n) is 7.62. The lowest BCUT2D eigenvalue weighted by Crippen LogP contribution is -2.86. The summed E-state index contributed by atoms with van der Waals surface area (Å²) >= 11 is 6.00. The summed E-state index contributed by atoms with van der Waals surface area (Å²) in [7, 11) is 0. The van der Waals surface area contributed by atoms with Gasteiger partial charge in [-0.1, -0.05) is 35.9 Å². The van der Waals surface area contributed by atoms with Gasteiger partial charge in [-0.05, 0) is 31.2 Å². The number of rotatable bonds is 5. The van der Waals surface area contributed by atoms with E-state index in [9.17, 15) is 9.59 Å². The van der Waals surface area contributed by atoms with Gasteiger partial charge in [0.15, 0.2) is 0 Å². The van der Waals surface area contributed by atoms with E-state index in [2.05, 4.69) is 12.2 Å². The van der Waals surface area contributed by atoms with Crippen molar-refractivity contribution in [1.82, 2.24) is 4.90 Å². The molecule has 0 saturated carbocycles. The van der Waals surface area contributed by atoms with E-state index < -0.39 is 0 Å². The fourth-order valence-electron chi connectivity index (χ4n) is 2.82. The maximum absolute atomic E-state index is 12.3.